The van der Waals surface area contributed by atoms with Crippen molar-refractivity contribution in [1.29, 1.82) is 0 Å². The normalized spacial score (nSPS) is 24.7. The van der Waals surface area contributed by atoms with Crippen LogP contribution in [0.5, 0.6) is 0 Å². The summed E-state index contributed by atoms with van der Waals surface area (Å²) in [4.78, 5) is 0. The van der Waals surface area contributed by atoms with Gasteiger partial charge in [0.1, 0.15) is 0 Å². The Balaban J connectivity index is 1.97. The van der Waals surface area contributed by atoms with Gasteiger partial charge in [-0.3, -0.25) is 0 Å². The SMILES string of the molecule is CC1CC(NS(=O)(=O)/C=C/c2ccccc2)CCN1. The molecule has 0 spiro atoms. The molecule has 4 nitrogen and oxygen atoms in total. The molecule has 2 unspecified atom stereocenters. The third-order valence-electron chi connectivity index (χ3n) is 3.19. The summed E-state index contributed by atoms with van der Waals surface area (Å²) in [5, 5.41) is 4.55. The van der Waals surface area contributed by atoms with Crippen LogP contribution in [0, 0.1) is 0 Å². The monoisotopic (exact) mass is 280 g/mol. The van der Waals surface area contributed by atoms with Crippen LogP contribution in [0.3, 0.4) is 0 Å². The minimum absolute atomic E-state index is 0.0293. The molecule has 1 aliphatic heterocycles. The molecule has 2 rings (SSSR count). The highest BCUT2D eigenvalue weighted by Gasteiger charge is 2.21. The molecule has 104 valence electrons. The van der Waals surface area contributed by atoms with Crippen LogP contribution in [0.1, 0.15) is 25.3 Å². The average Bonchev–Trinajstić information content (AvgIpc) is 2.37. The number of sulfonamides is 1. The van der Waals surface area contributed by atoms with E-state index in [0.29, 0.717) is 6.04 Å². The van der Waals surface area contributed by atoms with Gasteiger partial charge in [0.2, 0.25) is 10.0 Å². The third-order valence-corrected chi connectivity index (χ3v) is 4.35. The maximum absolute atomic E-state index is 12.0. The predicted molar refractivity (Wildman–Crippen MR) is 78.0 cm³/mol. The second-order valence-corrected chi connectivity index (χ2v) is 6.55. The van der Waals surface area contributed by atoms with Crippen LogP contribution in [-0.4, -0.2) is 27.0 Å². The molecule has 0 saturated carbocycles. The zero-order valence-electron chi connectivity index (χ0n) is 11.0. The predicted octanol–water partition coefficient (Wildman–Crippen LogP) is 1.72. The molecule has 1 aliphatic rings. The van der Waals surface area contributed by atoms with Crippen LogP contribution < -0.4 is 10.0 Å². The summed E-state index contributed by atoms with van der Waals surface area (Å²) < 4.78 is 26.7. The molecule has 1 aromatic rings. The van der Waals surface area contributed by atoms with Gasteiger partial charge in [-0.05, 0) is 37.9 Å². The summed E-state index contributed by atoms with van der Waals surface area (Å²) in [5.41, 5.74) is 0.881. The van der Waals surface area contributed by atoms with Crippen molar-refractivity contribution in [1.82, 2.24) is 10.0 Å². The maximum Gasteiger partial charge on any atom is 0.233 e. The summed E-state index contributed by atoms with van der Waals surface area (Å²) >= 11 is 0. The Kier molecular flexibility index (Phi) is 4.74. The van der Waals surface area contributed by atoms with E-state index >= 15 is 0 Å². The van der Waals surface area contributed by atoms with E-state index in [9.17, 15) is 8.42 Å². The Morgan fingerprint density at radius 2 is 2.05 bits per heavy atom. The highest BCUT2D eigenvalue weighted by molar-refractivity contribution is 7.92. The Morgan fingerprint density at radius 1 is 1.32 bits per heavy atom. The highest BCUT2D eigenvalue weighted by Crippen LogP contribution is 2.10. The number of hydrogen-bond donors (Lipinski definition) is 2. The summed E-state index contributed by atoms with van der Waals surface area (Å²) in [6.45, 7) is 2.93. The van der Waals surface area contributed by atoms with Gasteiger partial charge in [-0.2, -0.15) is 0 Å². The van der Waals surface area contributed by atoms with Crippen molar-refractivity contribution >= 4 is 16.1 Å². The number of piperidine rings is 1. The van der Waals surface area contributed by atoms with Crippen molar-refractivity contribution in [2.75, 3.05) is 6.54 Å². The van der Waals surface area contributed by atoms with Crippen molar-refractivity contribution in [3.8, 4) is 0 Å². The maximum atomic E-state index is 12.0. The molecule has 5 heteroatoms. The largest absolute Gasteiger partial charge is 0.314 e. The smallest absolute Gasteiger partial charge is 0.233 e. The number of hydrogen-bond acceptors (Lipinski definition) is 3. The van der Waals surface area contributed by atoms with Gasteiger partial charge in [0.15, 0.2) is 0 Å². The molecule has 0 aliphatic carbocycles. The summed E-state index contributed by atoms with van der Waals surface area (Å²) in [5.74, 6) is 0. The lowest BCUT2D eigenvalue weighted by Gasteiger charge is -2.27. The highest BCUT2D eigenvalue weighted by atomic mass is 32.2. The van der Waals surface area contributed by atoms with Crippen LogP contribution in [0.4, 0.5) is 0 Å². The standard InChI is InChI=1S/C14H20N2O2S/c1-12-11-14(7-9-15-12)16-19(17,18)10-8-13-5-3-2-4-6-13/h2-6,8,10,12,14-16H,7,9,11H2,1H3/b10-8+. The third kappa shape index (κ3) is 4.78. The summed E-state index contributed by atoms with van der Waals surface area (Å²) in [6, 6.07) is 9.81. The first-order valence-electron chi connectivity index (χ1n) is 6.54. The van der Waals surface area contributed by atoms with Gasteiger partial charge in [0.05, 0.1) is 0 Å². The van der Waals surface area contributed by atoms with Crippen molar-refractivity contribution < 1.29 is 8.42 Å². The number of rotatable bonds is 4. The van der Waals surface area contributed by atoms with Crippen LogP contribution in [0.25, 0.3) is 6.08 Å². The van der Waals surface area contributed by atoms with Crippen LogP contribution in [0.15, 0.2) is 35.7 Å². The van der Waals surface area contributed by atoms with E-state index in [1.807, 2.05) is 30.3 Å². The molecule has 19 heavy (non-hydrogen) atoms. The first-order chi connectivity index (χ1) is 9.05. The quantitative estimate of drug-likeness (QED) is 0.883. The van der Waals surface area contributed by atoms with E-state index in [1.54, 1.807) is 6.08 Å². The topological polar surface area (TPSA) is 58.2 Å². The fraction of sp³-hybridized carbons (Fsp3) is 0.429. The van der Waals surface area contributed by atoms with E-state index in [1.165, 1.54) is 5.41 Å². The van der Waals surface area contributed by atoms with Gasteiger partial charge in [-0.25, -0.2) is 13.1 Å². The van der Waals surface area contributed by atoms with Crippen molar-refractivity contribution in [2.45, 2.75) is 31.8 Å². The van der Waals surface area contributed by atoms with Gasteiger partial charge >= 0.3 is 0 Å². The first-order valence-corrected chi connectivity index (χ1v) is 8.09. The molecule has 0 amide bonds. The molecule has 1 heterocycles. The lowest BCUT2D eigenvalue weighted by atomic mass is 10.0. The van der Waals surface area contributed by atoms with E-state index in [0.717, 1.165) is 24.9 Å². The van der Waals surface area contributed by atoms with Crippen molar-refractivity contribution in [2.24, 2.45) is 0 Å². The zero-order valence-corrected chi connectivity index (χ0v) is 11.9. The zero-order chi connectivity index (χ0) is 13.7. The molecule has 0 bridgehead atoms. The van der Waals surface area contributed by atoms with Crippen LogP contribution in [0.2, 0.25) is 0 Å². The van der Waals surface area contributed by atoms with Crippen LogP contribution in [-0.2, 0) is 10.0 Å². The minimum atomic E-state index is -3.36. The van der Waals surface area contributed by atoms with E-state index in [4.69, 9.17) is 0 Å². The molecule has 1 aromatic carbocycles. The fourth-order valence-electron chi connectivity index (χ4n) is 2.24. The minimum Gasteiger partial charge on any atom is -0.314 e. The Hall–Kier alpha value is -1.17. The molecule has 0 aromatic heterocycles. The lowest BCUT2D eigenvalue weighted by Crippen LogP contribution is -2.46. The first kappa shape index (κ1) is 14.2. The Morgan fingerprint density at radius 3 is 2.74 bits per heavy atom. The van der Waals surface area contributed by atoms with Gasteiger partial charge in [0, 0.05) is 17.5 Å². The van der Waals surface area contributed by atoms with Gasteiger partial charge in [0.25, 0.3) is 0 Å². The Bertz CT molecular complexity index is 526. The molecular formula is C14H20N2O2S. The van der Waals surface area contributed by atoms with E-state index < -0.39 is 10.0 Å². The summed E-state index contributed by atoms with van der Waals surface area (Å²) in [7, 11) is -3.36. The number of benzene rings is 1. The fourth-order valence-corrected chi connectivity index (χ4v) is 3.34. The van der Waals surface area contributed by atoms with Crippen molar-refractivity contribution in [3.05, 3.63) is 41.3 Å². The molecular weight excluding hydrogens is 260 g/mol. The molecule has 2 N–H and O–H groups in total. The van der Waals surface area contributed by atoms with E-state index in [2.05, 4.69) is 17.0 Å². The molecule has 1 saturated heterocycles. The molecule has 2 atom stereocenters. The number of nitrogens with one attached hydrogen (secondary N) is 2. The van der Waals surface area contributed by atoms with Gasteiger partial charge in [-0.1, -0.05) is 30.3 Å². The summed E-state index contributed by atoms with van der Waals surface area (Å²) in [6.07, 6.45) is 3.29. The van der Waals surface area contributed by atoms with Crippen molar-refractivity contribution in [3.63, 3.8) is 0 Å². The van der Waals surface area contributed by atoms with Gasteiger partial charge < -0.3 is 5.32 Å². The van der Waals surface area contributed by atoms with Crippen LogP contribution >= 0.6 is 0 Å². The average molecular weight is 280 g/mol. The lowest BCUT2D eigenvalue weighted by molar-refractivity contribution is 0.362. The Labute approximate surface area is 115 Å². The second kappa shape index (κ2) is 6.32. The van der Waals surface area contributed by atoms with Gasteiger partial charge in [-0.15, -0.1) is 0 Å². The molecule has 0 radical (unpaired) electrons. The molecule has 1 fully saturated rings. The van der Waals surface area contributed by atoms with E-state index in [-0.39, 0.29) is 6.04 Å². The second-order valence-electron chi connectivity index (χ2n) is 4.95.